The van der Waals surface area contributed by atoms with Crippen LogP contribution in [0.25, 0.3) is 0 Å². The Bertz CT molecular complexity index is 1000. The second-order valence-electron chi connectivity index (χ2n) is 6.28. The molecule has 0 radical (unpaired) electrons. The van der Waals surface area contributed by atoms with Crippen molar-refractivity contribution in [1.82, 2.24) is 0 Å². The largest absolute Gasteiger partial charge is 0.497 e. The molecule has 0 atom stereocenters. The SMILES string of the molecule is COc1ccc(N(c2ccccc2)c2ccc(Sc3ccccc3)cc2)cc1. The Kier molecular flexibility index (Phi) is 5.64. The number of nitrogens with zero attached hydrogens (tertiary/aromatic N) is 1. The fraction of sp³-hybridized carbons (Fsp3) is 0.0400. The van der Waals surface area contributed by atoms with E-state index in [0.29, 0.717) is 0 Å². The lowest BCUT2D eigenvalue weighted by molar-refractivity contribution is 0.415. The van der Waals surface area contributed by atoms with Crippen LogP contribution in [0.4, 0.5) is 17.1 Å². The fourth-order valence-electron chi connectivity index (χ4n) is 3.04. The summed E-state index contributed by atoms with van der Waals surface area (Å²) in [6.07, 6.45) is 0. The van der Waals surface area contributed by atoms with Crippen LogP contribution in [0.3, 0.4) is 0 Å². The van der Waals surface area contributed by atoms with E-state index in [2.05, 4.69) is 89.8 Å². The van der Waals surface area contributed by atoms with Crippen LogP contribution in [0.2, 0.25) is 0 Å². The van der Waals surface area contributed by atoms with Gasteiger partial charge in [-0.2, -0.15) is 0 Å². The van der Waals surface area contributed by atoms with Gasteiger partial charge in [0.15, 0.2) is 0 Å². The first-order chi connectivity index (χ1) is 13.8. The van der Waals surface area contributed by atoms with Gasteiger partial charge in [0.05, 0.1) is 7.11 Å². The van der Waals surface area contributed by atoms with Crippen LogP contribution in [-0.4, -0.2) is 7.11 Å². The standard InChI is InChI=1S/C25H21NOS/c1-27-23-16-12-21(13-17-23)26(20-8-4-2-5-9-20)22-14-18-25(19-15-22)28-24-10-6-3-7-11-24/h2-19H,1H3. The zero-order valence-corrected chi connectivity index (χ0v) is 16.5. The Morgan fingerprint density at radius 2 is 1.00 bits per heavy atom. The number of benzene rings is 4. The van der Waals surface area contributed by atoms with Crippen molar-refractivity contribution >= 4 is 28.8 Å². The van der Waals surface area contributed by atoms with Crippen molar-refractivity contribution in [2.24, 2.45) is 0 Å². The highest BCUT2D eigenvalue weighted by Crippen LogP contribution is 2.36. The normalized spacial score (nSPS) is 10.5. The second-order valence-corrected chi connectivity index (χ2v) is 7.42. The lowest BCUT2D eigenvalue weighted by Crippen LogP contribution is -2.09. The summed E-state index contributed by atoms with van der Waals surface area (Å²) in [5.41, 5.74) is 3.33. The molecular weight excluding hydrogens is 362 g/mol. The third-order valence-electron chi connectivity index (χ3n) is 4.42. The molecule has 138 valence electrons. The van der Waals surface area contributed by atoms with E-state index >= 15 is 0 Å². The van der Waals surface area contributed by atoms with E-state index < -0.39 is 0 Å². The van der Waals surface area contributed by atoms with E-state index in [1.807, 2.05) is 24.3 Å². The molecule has 0 amide bonds. The maximum Gasteiger partial charge on any atom is 0.119 e. The molecule has 28 heavy (non-hydrogen) atoms. The average molecular weight is 384 g/mol. The molecule has 4 aromatic rings. The first-order valence-corrected chi connectivity index (χ1v) is 9.97. The Hall–Kier alpha value is -3.17. The van der Waals surface area contributed by atoms with Crippen LogP contribution in [0, 0.1) is 0 Å². The van der Waals surface area contributed by atoms with Crippen molar-refractivity contribution in [3.05, 3.63) is 109 Å². The van der Waals surface area contributed by atoms with Crippen LogP contribution in [0.1, 0.15) is 0 Å². The second kappa shape index (κ2) is 8.68. The number of ether oxygens (including phenoxy) is 1. The third-order valence-corrected chi connectivity index (χ3v) is 5.43. The first-order valence-electron chi connectivity index (χ1n) is 9.16. The van der Waals surface area contributed by atoms with Gasteiger partial charge in [-0.1, -0.05) is 48.2 Å². The van der Waals surface area contributed by atoms with Gasteiger partial charge in [-0.05, 0) is 72.8 Å². The highest BCUT2D eigenvalue weighted by molar-refractivity contribution is 7.99. The van der Waals surface area contributed by atoms with Crippen molar-refractivity contribution < 1.29 is 4.74 Å². The number of methoxy groups -OCH3 is 1. The quantitative estimate of drug-likeness (QED) is 0.346. The number of anilines is 3. The lowest BCUT2D eigenvalue weighted by atomic mass is 10.2. The summed E-state index contributed by atoms with van der Waals surface area (Å²) >= 11 is 1.77. The first kappa shape index (κ1) is 18.2. The van der Waals surface area contributed by atoms with Crippen LogP contribution in [-0.2, 0) is 0 Å². The van der Waals surface area contributed by atoms with Crippen LogP contribution >= 0.6 is 11.8 Å². The summed E-state index contributed by atoms with van der Waals surface area (Å²) < 4.78 is 5.31. The molecule has 4 aromatic carbocycles. The average Bonchev–Trinajstić information content (AvgIpc) is 2.77. The maximum atomic E-state index is 5.31. The highest BCUT2D eigenvalue weighted by Gasteiger charge is 2.12. The Morgan fingerprint density at radius 3 is 1.57 bits per heavy atom. The van der Waals surface area contributed by atoms with Crippen LogP contribution in [0.15, 0.2) is 119 Å². The molecule has 0 spiro atoms. The molecular formula is C25H21NOS. The minimum atomic E-state index is 0.853. The van der Waals surface area contributed by atoms with Gasteiger partial charge in [-0.15, -0.1) is 0 Å². The van der Waals surface area contributed by atoms with Gasteiger partial charge in [-0.25, -0.2) is 0 Å². The fourth-order valence-corrected chi connectivity index (χ4v) is 3.88. The zero-order chi connectivity index (χ0) is 19.2. The van der Waals surface area contributed by atoms with Gasteiger partial charge in [0.25, 0.3) is 0 Å². The molecule has 3 heteroatoms. The predicted octanol–water partition coefficient (Wildman–Crippen LogP) is 7.32. The minimum Gasteiger partial charge on any atom is -0.497 e. The third kappa shape index (κ3) is 4.21. The van der Waals surface area contributed by atoms with Crippen molar-refractivity contribution in [1.29, 1.82) is 0 Å². The summed E-state index contributed by atoms with van der Waals surface area (Å²) in [5.74, 6) is 0.853. The van der Waals surface area contributed by atoms with E-state index in [1.54, 1.807) is 18.9 Å². The van der Waals surface area contributed by atoms with Crippen LogP contribution in [0.5, 0.6) is 5.75 Å². The van der Waals surface area contributed by atoms with E-state index in [0.717, 1.165) is 22.8 Å². The molecule has 0 saturated carbocycles. The van der Waals surface area contributed by atoms with Crippen molar-refractivity contribution in [2.75, 3.05) is 12.0 Å². The molecule has 4 rings (SSSR count). The summed E-state index contributed by atoms with van der Waals surface area (Å²) in [5, 5.41) is 0. The van der Waals surface area contributed by atoms with Crippen molar-refractivity contribution in [3.8, 4) is 5.75 Å². The van der Waals surface area contributed by atoms with Gasteiger partial charge in [0.1, 0.15) is 5.75 Å². The number of para-hydroxylation sites is 1. The smallest absolute Gasteiger partial charge is 0.119 e. The van der Waals surface area contributed by atoms with Gasteiger partial charge in [0.2, 0.25) is 0 Å². The Labute approximate surface area is 170 Å². The summed E-state index contributed by atoms with van der Waals surface area (Å²) in [7, 11) is 1.69. The minimum absolute atomic E-state index is 0.853. The molecule has 0 aliphatic rings. The highest BCUT2D eigenvalue weighted by atomic mass is 32.2. The molecule has 0 aromatic heterocycles. The molecule has 0 saturated heterocycles. The summed E-state index contributed by atoms with van der Waals surface area (Å²) in [4.78, 5) is 4.71. The monoisotopic (exact) mass is 383 g/mol. The van der Waals surface area contributed by atoms with E-state index in [1.165, 1.54) is 9.79 Å². The maximum absolute atomic E-state index is 5.31. The lowest BCUT2D eigenvalue weighted by Gasteiger charge is -2.25. The molecule has 2 nitrogen and oxygen atoms in total. The van der Waals surface area contributed by atoms with Gasteiger partial charge in [0, 0.05) is 26.9 Å². The number of hydrogen-bond acceptors (Lipinski definition) is 3. The van der Waals surface area contributed by atoms with Gasteiger partial charge < -0.3 is 9.64 Å². The van der Waals surface area contributed by atoms with Gasteiger partial charge >= 0.3 is 0 Å². The van der Waals surface area contributed by atoms with Gasteiger partial charge in [-0.3, -0.25) is 0 Å². The molecule has 0 bridgehead atoms. The van der Waals surface area contributed by atoms with Crippen molar-refractivity contribution in [2.45, 2.75) is 9.79 Å². The molecule has 0 unspecified atom stereocenters. The molecule has 0 aliphatic carbocycles. The Morgan fingerprint density at radius 1 is 0.536 bits per heavy atom. The van der Waals surface area contributed by atoms with E-state index in [4.69, 9.17) is 4.74 Å². The Balaban J connectivity index is 1.66. The number of rotatable bonds is 6. The van der Waals surface area contributed by atoms with E-state index in [-0.39, 0.29) is 0 Å². The predicted molar refractivity (Wildman–Crippen MR) is 118 cm³/mol. The molecule has 0 N–H and O–H groups in total. The van der Waals surface area contributed by atoms with E-state index in [9.17, 15) is 0 Å². The topological polar surface area (TPSA) is 12.5 Å². The molecule has 0 heterocycles. The van der Waals surface area contributed by atoms with Crippen LogP contribution < -0.4 is 9.64 Å². The van der Waals surface area contributed by atoms with Crippen molar-refractivity contribution in [3.63, 3.8) is 0 Å². The molecule has 0 aliphatic heterocycles. The molecule has 0 fully saturated rings. The number of hydrogen-bond donors (Lipinski definition) is 0. The zero-order valence-electron chi connectivity index (χ0n) is 15.7. The summed E-state index contributed by atoms with van der Waals surface area (Å²) in [6, 6.07) is 37.7. The summed E-state index contributed by atoms with van der Waals surface area (Å²) in [6.45, 7) is 0.